The first-order valence-electron chi connectivity index (χ1n) is 8.63. The fourth-order valence-corrected chi connectivity index (χ4v) is 2.94. The monoisotopic (exact) mass is 343 g/mol. The lowest BCUT2D eigenvalue weighted by atomic mass is 10.2. The zero-order valence-electron chi connectivity index (χ0n) is 14.4. The Hall–Kier alpha value is -2.40. The summed E-state index contributed by atoms with van der Waals surface area (Å²) in [6.07, 6.45) is 2.21. The number of methoxy groups -OCH3 is 1. The lowest BCUT2D eigenvalue weighted by molar-refractivity contribution is -0.917. The summed E-state index contributed by atoms with van der Waals surface area (Å²) in [4.78, 5) is 13.4. The zero-order valence-corrected chi connectivity index (χ0v) is 14.4. The Balaban J connectivity index is 1.53. The van der Waals surface area contributed by atoms with Crippen LogP contribution in [0.2, 0.25) is 0 Å². The highest BCUT2D eigenvalue weighted by Gasteiger charge is 2.34. The molecule has 1 unspecified atom stereocenters. The summed E-state index contributed by atoms with van der Waals surface area (Å²) in [5.41, 5.74) is 1.70. The smallest absolute Gasteiger partial charge is 0.275 e. The van der Waals surface area contributed by atoms with Crippen molar-refractivity contribution in [3.8, 4) is 5.75 Å². The van der Waals surface area contributed by atoms with Crippen molar-refractivity contribution in [1.29, 1.82) is 0 Å². The molecule has 5 heteroatoms. The second-order valence-electron chi connectivity index (χ2n) is 6.50. The van der Waals surface area contributed by atoms with E-state index in [2.05, 4.69) is 5.32 Å². The van der Waals surface area contributed by atoms with Gasteiger partial charge in [-0.2, -0.15) is 0 Å². The number of rotatable bonds is 8. The molecule has 3 rings (SSSR count). The van der Waals surface area contributed by atoms with Crippen LogP contribution in [0.5, 0.6) is 5.75 Å². The van der Waals surface area contributed by atoms with Gasteiger partial charge in [-0.15, -0.1) is 0 Å². The molecular formula is C20H24FN2O2+. The molecule has 2 aromatic carbocycles. The molecule has 1 amide bonds. The third-order valence-electron chi connectivity index (χ3n) is 4.57. The van der Waals surface area contributed by atoms with E-state index in [1.807, 2.05) is 30.3 Å². The number of carbonyl (C=O) groups excluding carboxylic acids is 1. The predicted molar refractivity (Wildman–Crippen MR) is 93.8 cm³/mol. The predicted octanol–water partition coefficient (Wildman–Crippen LogP) is 1.70. The van der Waals surface area contributed by atoms with Gasteiger partial charge in [-0.3, -0.25) is 4.79 Å². The van der Waals surface area contributed by atoms with E-state index in [0.29, 0.717) is 31.2 Å². The van der Waals surface area contributed by atoms with Crippen LogP contribution >= 0.6 is 0 Å². The summed E-state index contributed by atoms with van der Waals surface area (Å²) < 4.78 is 19.0. The molecular weight excluding hydrogens is 319 g/mol. The molecule has 0 bridgehead atoms. The van der Waals surface area contributed by atoms with Crippen molar-refractivity contribution in [3.05, 3.63) is 65.5 Å². The summed E-state index contributed by atoms with van der Waals surface area (Å²) in [7, 11) is 1.63. The van der Waals surface area contributed by atoms with Crippen LogP contribution in [-0.2, 0) is 17.9 Å². The number of hydrogen-bond donors (Lipinski definition) is 2. The van der Waals surface area contributed by atoms with Gasteiger partial charge >= 0.3 is 0 Å². The lowest BCUT2D eigenvalue weighted by Crippen LogP contribution is -3.13. The molecule has 0 aromatic heterocycles. The largest absolute Gasteiger partial charge is 0.497 e. The maximum atomic E-state index is 13.9. The summed E-state index contributed by atoms with van der Waals surface area (Å²) in [6.45, 7) is 1.41. The molecule has 2 aromatic rings. The minimum absolute atomic E-state index is 0.00550. The van der Waals surface area contributed by atoms with E-state index >= 15 is 0 Å². The van der Waals surface area contributed by atoms with Crippen molar-refractivity contribution < 1.29 is 18.8 Å². The number of amides is 1. The molecule has 0 heterocycles. The van der Waals surface area contributed by atoms with Crippen LogP contribution in [0.1, 0.15) is 24.0 Å². The highest BCUT2D eigenvalue weighted by Crippen LogP contribution is 2.16. The van der Waals surface area contributed by atoms with Gasteiger partial charge in [0.1, 0.15) is 18.1 Å². The standard InChI is InChI=1S/C20H23FN2O2/c1-25-18-10-6-15(7-11-18)12-22-20(24)14-23(17-8-9-17)13-16-4-2-3-5-19(16)21/h2-7,10-11,17H,8-9,12-14H2,1H3,(H,22,24)/p+1. The third kappa shape index (κ3) is 5.03. The molecule has 0 radical (unpaired) electrons. The molecule has 1 fully saturated rings. The van der Waals surface area contributed by atoms with Crippen molar-refractivity contribution in [1.82, 2.24) is 5.32 Å². The maximum absolute atomic E-state index is 13.9. The van der Waals surface area contributed by atoms with Gasteiger partial charge in [0.15, 0.2) is 6.54 Å². The van der Waals surface area contributed by atoms with Crippen LogP contribution in [0.4, 0.5) is 4.39 Å². The molecule has 4 nitrogen and oxygen atoms in total. The average molecular weight is 343 g/mol. The van der Waals surface area contributed by atoms with E-state index in [0.717, 1.165) is 29.1 Å². The van der Waals surface area contributed by atoms with Gasteiger partial charge in [-0.05, 0) is 23.8 Å². The second kappa shape index (κ2) is 8.12. The number of benzene rings is 2. The minimum Gasteiger partial charge on any atom is -0.497 e. The molecule has 2 N–H and O–H groups in total. The summed E-state index contributed by atoms with van der Waals surface area (Å²) in [6, 6.07) is 14.9. The Morgan fingerprint density at radius 2 is 1.92 bits per heavy atom. The quantitative estimate of drug-likeness (QED) is 0.766. The maximum Gasteiger partial charge on any atom is 0.275 e. The van der Waals surface area contributed by atoms with Crippen LogP contribution in [0.15, 0.2) is 48.5 Å². The average Bonchev–Trinajstić information content (AvgIpc) is 3.47. The molecule has 1 aliphatic rings. The van der Waals surface area contributed by atoms with Gasteiger partial charge in [-0.1, -0.05) is 30.3 Å². The van der Waals surface area contributed by atoms with Gasteiger partial charge in [0.2, 0.25) is 0 Å². The van der Waals surface area contributed by atoms with Gasteiger partial charge in [0.05, 0.1) is 13.2 Å². The van der Waals surface area contributed by atoms with E-state index < -0.39 is 0 Å². The SMILES string of the molecule is COc1ccc(CNC(=O)C[NH+](Cc2ccccc2F)C2CC2)cc1. The van der Waals surface area contributed by atoms with Crippen molar-refractivity contribution in [2.45, 2.75) is 32.0 Å². The van der Waals surface area contributed by atoms with E-state index in [1.54, 1.807) is 19.2 Å². The minimum atomic E-state index is -0.195. The Morgan fingerprint density at radius 1 is 1.20 bits per heavy atom. The molecule has 0 saturated heterocycles. The second-order valence-corrected chi connectivity index (χ2v) is 6.50. The summed E-state index contributed by atoms with van der Waals surface area (Å²) in [5.74, 6) is 0.595. The van der Waals surface area contributed by atoms with Crippen LogP contribution in [0, 0.1) is 5.82 Å². The topological polar surface area (TPSA) is 42.8 Å². The highest BCUT2D eigenvalue weighted by atomic mass is 19.1. The fraction of sp³-hybridized carbons (Fsp3) is 0.350. The van der Waals surface area contributed by atoms with Gasteiger partial charge in [-0.25, -0.2) is 4.39 Å². The fourth-order valence-electron chi connectivity index (χ4n) is 2.94. The first-order chi connectivity index (χ1) is 12.2. The Bertz CT molecular complexity index is 714. The van der Waals surface area contributed by atoms with E-state index in [9.17, 15) is 9.18 Å². The first-order valence-corrected chi connectivity index (χ1v) is 8.63. The Labute approximate surface area is 147 Å². The van der Waals surface area contributed by atoms with Crippen LogP contribution in [-0.4, -0.2) is 25.6 Å². The number of ether oxygens (including phenoxy) is 1. The highest BCUT2D eigenvalue weighted by molar-refractivity contribution is 5.76. The van der Waals surface area contributed by atoms with Crippen LogP contribution in [0.25, 0.3) is 0 Å². The van der Waals surface area contributed by atoms with Gasteiger partial charge in [0, 0.05) is 24.9 Å². The van der Waals surface area contributed by atoms with Crippen LogP contribution in [0.3, 0.4) is 0 Å². The number of halogens is 1. The first kappa shape index (κ1) is 17.4. The van der Waals surface area contributed by atoms with Crippen molar-refractivity contribution >= 4 is 5.91 Å². The molecule has 0 aliphatic heterocycles. The van der Waals surface area contributed by atoms with Crippen LogP contribution < -0.4 is 15.0 Å². The molecule has 1 atom stereocenters. The third-order valence-corrected chi connectivity index (χ3v) is 4.57. The Morgan fingerprint density at radius 3 is 2.56 bits per heavy atom. The zero-order chi connectivity index (χ0) is 17.6. The van der Waals surface area contributed by atoms with Crippen molar-refractivity contribution in [3.63, 3.8) is 0 Å². The number of nitrogens with one attached hydrogen (secondary N) is 2. The number of quaternary nitrogens is 1. The molecule has 1 saturated carbocycles. The molecule has 132 valence electrons. The van der Waals surface area contributed by atoms with E-state index in [4.69, 9.17) is 4.74 Å². The lowest BCUT2D eigenvalue weighted by Gasteiger charge is -2.19. The Kier molecular flexibility index (Phi) is 5.66. The van der Waals surface area contributed by atoms with Gasteiger partial charge < -0.3 is 15.0 Å². The van der Waals surface area contributed by atoms with Crippen molar-refractivity contribution in [2.75, 3.05) is 13.7 Å². The molecule has 1 aliphatic carbocycles. The van der Waals surface area contributed by atoms with Crippen molar-refractivity contribution in [2.24, 2.45) is 0 Å². The number of carbonyl (C=O) groups is 1. The molecule has 0 spiro atoms. The summed E-state index contributed by atoms with van der Waals surface area (Å²) >= 11 is 0. The summed E-state index contributed by atoms with van der Waals surface area (Å²) in [5, 5.41) is 2.96. The van der Waals surface area contributed by atoms with E-state index in [-0.39, 0.29) is 11.7 Å². The normalized spacial score (nSPS) is 14.8. The number of hydrogen-bond acceptors (Lipinski definition) is 2. The van der Waals surface area contributed by atoms with E-state index in [1.165, 1.54) is 6.07 Å². The molecule has 25 heavy (non-hydrogen) atoms. The van der Waals surface area contributed by atoms with Gasteiger partial charge in [0.25, 0.3) is 5.91 Å².